The molecule has 4 rings (SSSR count). The molecule has 2 fully saturated rings. The van der Waals surface area contributed by atoms with Crippen LogP contribution >= 0.6 is 0 Å². The lowest BCUT2D eigenvalue weighted by Crippen LogP contribution is -2.47. The summed E-state index contributed by atoms with van der Waals surface area (Å²) >= 11 is 0. The normalized spacial score (nSPS) is 20.9. The van der Waals surface area contributed by atoms with E-state index >= 15 is 0 Å². The van der Waals surface area contributed by atoms with Crippen LogP contribution in [0.5, 0.6) is 0 Å². The standard InChI is InChI=1S/C27H29FN2O2/c1-20(17-24(31)12-7-21-5-3-2-4-6-21)19-30-15-13-27(14-16-30)25(18-29-26(27)32)22-8-10-23(28)11-9-22/h2-6,8-11,20,25H,13-19H2,1H3,(H,29,32)/t20-,25+/m1/s1. The molecule has 2 saturated heterocycles. The third-order valence-electron chi connectivity index (χ3n) is 6.83. The van der Waals surface area contributed by atoms with Gasteiger partial charge in [-0.3, -0.25) is 9.59 Å². The zero-order valence-electron chi connectivity index (χ0n) is 18.4. The molecule has 2 heterocycles. The van der Waals surface area contributed by atoms with E-state index in [2.05, 4.69) is 29.0 Å². The molecular formula is C27H29FN2O2. The second-order valence-electron chi connectivity index (χ2n) is 9.12. The minimum absolute atomic E-state index is 0.0404. The van der Waals surface area contributed by atoms with Crippen molar-refractivity contribution in [2.75, 3.05) is 26.2 Å². The molecule has 1 amide bonds. The molecule has 2 aromatic rings. The fourth-order valence-corrected chi connectivity index (χ4v) is 5.10. The summed E-state index contributed by atoms with van der Waals surface area (Å²) in [6.45, 7) is 5.14. The Bertz CT molecular complexity index is 1020. The van der Waals surface area contributed by atoms with E-state index in [1.54, 1.807) is 12.1 Å². The Morgan fingerprint density at radius 2 is 1.84 bits per heavy atom. The Labute approximate surface area is 189 Å². The average molecular weight is 433 g/mol. The van der Waals surface area contributed by atoms with Crippen LogP contribution < -0.4 is 5.32 Å². The van der Waals surface area contributed by atoms with E-state index in [1.165, 1.54) is 12.1 Å². The van der Waals surface area contributed by atoms with Crippen molar-refractivity contribution in [1.82, 2.24) is 10.2 Å². The highest BCUT2D eigenvalue weighted by atomic mass is 19.1. The van der Waals surface area contributed by atoms with Crippen molar-refractivity contribution in [2.24, 2.45) is 11.3 Å². The summed E-state index contributed by atoms with van der Waals surface area (Å²) in [5.41, 5.74) is 1.45. The molecule has 4 nitrogen and oxygen atoms in total. The summed E-state index contributed by atoms with van der Waals surface area (Å²) in [5.74, 6) is 5.78. The molecule has 0 radical (unpaired) electrons. The number of amides is 1. The molecule has 0 aromatic heterocycles. The topological polar surface area (TPSA) is 49.4 Å². The fourth-order valence-electron chi connectivity index (χ4n) is 5.10. The molecule has 0 saturated carbocycles. The Kier molecular flexibility index (Phi) is 6.72. The van der Waals surface area contributed by atoms with Gasteiger partial charge in [-0.25, -0.2) is 4.39 Å². The zero-order valence-corrected chi connectivity index (χ0v) is 18.4. The summed E-state index contributed by atoms with van der Waals surface area (Å²) < 4.78 is 13.4. The summed E-state index contributed by atoms with van der Waals surface area (Å²) in [4.78, 5) is 27.4. The number of ketones is 1. The van der Waals surface area contributed by atoms with E-state index in [0.29, 0.717) is 13.0 Å². The highest BCUT2D eigenvalue weighted by Crippen LogP contribution is 2.47. The van der Waals surface area contributed by atoms with Gasteiger partial charge in [0.15, 0.2) is 0 Å². The molecule has 1 spiro atoms. The zero-order chi connectivity index (χ0) is 22.6. The largest absolute Gasteiger partial charge is 0.355 e. The maximum Gasteiger partial charge on any atom is 0.227 e. The smallest absolute Gasteiger partial charge is 0.227 e. The predicted molar refractivity (Wildman–Crippen MR) is 122 cm³/mol. The lowest BCUT2D eigenvalue weighted by Gasteiger charge is -2.41. The third kappa shape index (κ3) is 4.92. The lowest BCUT2D eigenvalue weighted by atomic mass is 9.68. The molecule has 0 unspecified atom stereocenters. The van der Waals surface area contributed by atoms with Crippen LogP contribution in [0.3, 0.4) is 0 Å². The number of hydrogen-bond acceptors (Lipinski definition) is 3. The van der Waals surface area contributed by atoms with E-state index in [0.717, 1.165) is 43.6 Å². The molecule has 1 N–H and O–H groups in total. The van der Waals surface area contributed by atoms with Gasteiger partial charge >= 0.3 is 0 Å². The Morgan fingerprint density at radius 3 is 2.53 bits per heavy atom. The van der Waals surface area contributed by atoms with Crippen molar-refractivity contribution in [1.29, 1.82) is 0 Å². The molecule has 2 atom stereocenters. The molecular weight excluding hydrogens is 403 g/mol. The summed E-state index contributed by atoms with van der Waals surface area (Å²) in [6, 6.07) is 16.1. The molecule has 0 aliphatic carbocycles. The molecule has 32 heavy (non-hydrogen) atoms. The molecule has 166 valence electrons. The SMILES string of the molecule is C[C@H](CC(=O)C#Cc1ccccc1)CN1CCC2(CC1)C(=O)NC[C@H]2c1ccc(F)cc1. The van der Waals surface area contributed by atoms with E-state index < -0.39 is 5.41 Å². The van der Waals surface area contributed by atoms with Crippen LogP contribution in [0.2, 0.25) is 0 Å². The van der Waals surface area contributed by atoms with Gasteiger partial charge in [-0.2, -0.15) is 0 Å². The van der Waals surface area contributed by atoms with Gasteiger partial charge in [-0.1, -0.05) is 43.2 Å². The van der Waals surface area contributed by atoms with Crippen molar-refractivity contribution in [2.45, 2.75) is 32.1 Å². The van der Waals surface area contributed by atoms with Gasteiger partial charge in [0.05, 0.1) is 5.41 Å². The number of piperidine rings is 1. The minimum Gasteiger partial charge on any atom is -0.355 e. The van der Waals surface area contributed by atoms with Crippen LogP contribution in [0.15, 0.2) is 54.6 Å². The highest BCUT2D eigenvalue weighted by Gasteiger charge is 2.51. The van der Waals surface area contributed by atoms with Gasteiger partial charge in [-0.15, -0.1) is 0 Å². The van der Waals surface area contributed by atoms with Gasteiger partial charge in [0.25, 0.3) is 0 Å². The predicted octanol–water partition coefficient (Wildman–Crippen LogP) is 3.77. The number of hydrogen-bond donors (Lipinski definition) is 1. The lowest BCUT2D eigenvalue weighted by molar-refractivity contribution is -0.130. The van der Waals surface area contributed by atoms with Crippen LogP contribution in [-0.2, 0) is 9.59 Å². The van der Waals surface area contributed by atoms with Crippen molar-refractivity contribution in [3.8, 4) is 11.8 Å². The Morgan fingerprint density at radius 1 is 1.16 bits per heavy atom. The number of likely N-dealkylation sites (tertiary alicyclic amines) is 1. The second-order valence-corrected chi connectivity index (χ2v) is 9.12. The number of benzene rings is 2. The first-order chi connectivity index (χ1) is 15.5. The van der Waals surface area contributed by atoms with Crippen LogP contribution in [-0.4, -0.2) is 42.8 Å². The van der Waals surface area contributed by atoms with Crippen LogP contribution in [0.4, 0.5) is 4.39 Å². The number of carbonyl (C=O) groups is 2. The number of carbonyl (C=O) groups excluding carboxylic acids is 2. The summed E-state index contributed by atoms with van der Waals surface area (Å²) in [5, 5.41) is 3.04. The number of halogens is 1. The molecule has 0 bridgehead atoms. The van der Waals surface area contributed by atoms with Gasteiger partial charge in [-0.05, 0) is 67.6 Å². The summed E-state index contributed by atoms with van der Waals surface area (Å²) in [6.07, 6.45) is 1.98. The third-order valence-corrected chi connectivity index (χ3v) is 6.83. The van der Waals surface area contributed by atoms with E-state index in [9.17, 15) is 14.0 Å². The maximum atomic E-state index is 13.4. The van der Waals surface area contributed by atoms with Gasteiger partial charge < -0.3 is 10.2 Å². The quantitative estimate of drug-likeness (QED) is 0.732. The van der Waals surface area contributed by atoms with Crippen molar-refractivity contribution < 1.29 is 14.0 Å². The first kappa shape index (κ1) is 22.2. The van der Waals surface area contributed by atoms with Crippen LogP contribution in [0.1, 0.15) is 43.2 Å². The number of rotatable bonds is 5. The molecule has 2 aliphatic rings. The summed E-state index contributed by atoms with van der Waals surface area (Å²) in [7, 11) is 0. The van der Waals surface area contributed by atoms with Crippen LogP contribution in [0, 0.1) is 29.0 Å². The van der Waals surface area contributed by atoms with E-state index in [-0.39, 0.29) is 29.3 Å². The van der Waals surface area contributed by atoms with Crippen molar-refractivity contribution >= 4 is 11.7 Å². The molecule has 5 heteroatoms. The van der Waals surface area contributed by atoms with E-state index in [4.69, 9.17) is 0 Å². The Balaban J connectivity index is 1.32. The number of Topliss-reactive ketones (excluding diaryl/α,β-unsaturated/α-hetero) is 1. The first-order valence-corrected chi connectivity index (χ1v) is 11.3. The molecule has 2 aliphatic heterocycles. The fraction of sp³-hybridized carbons (Fsp3) is 0.407. The second kappa shape index (κ2) is 9.67. The number of nitrogens with zero attached hydrogens (tertiary/aromatic N) is 1. The average Bonchev–Trinajstić information content (AvgIpc) is 3.11. The van der Waals surface area contributed by atoms with Gasteiger partial charge in [0.2, 0.25) is 11.7 Å². The van der Waals surface area contributed by atoms with Gasteiger partial charge in [0, 0.05) is 31.0 Å². The molecule has 2 aromatic carbocycles. The highest BCUT2D eigenvalue weighted by molar-refractivity contribution is 5.96. The first-order valence-electron chi connectivity index (χ1n) is 11.3. The van der Waals surface area contributed by atoms with Crippen LogP contribution in [0.25, 0.3) is 0 Å². The van der Waals surface area contributed by atoms with Gasteiger partial charge in [0.1, 0.15) is 5.82 Å². The van der Waals surface area contributed by atoms with Crippen molar-refractivity contribution in [3.63, 3.8) is 0 Å². The number of nitrogens with one attached hydrogen (secondary N) is 1. The maximum absolute atomic E-state index is 13.4. The van der Waals surface area contributed by atoms with E-state index in [1.807, 2.05) is 30.3 Å². The minimum atomic E-state index is -0.422. The monoisotopic (exact) mass is 432 g/mol. The van der Waals surface area contributed by atoms with Crippen molar-refractivity contribution in [3.05, 3.63) is 71.5 Å². The Hall–Kier alpha value is -2.97.